The van der Waals surface area contributed by atoms with Crippen LogP contribution >= 0.6 is 0 Å². The van der Waals surface area contributed by atoms with Crippen molar-refractivity contribution in [1.82, 2.24) is 0 Å². The second-order valence-corrected chi connectivity index (χ2v) is 5.63. The van der Waals surface area contributed by atoms with E-state index < -0.39 is 18.0 Å². The minimum Gasteiger partial charge on any atom is -0.507 e. The number of phenolic OH excluding ortho intramolecular Hbond substituents is 1. The summed E-state index contributed by atoms with van der Waals surface area (Å²) in [5.41, 5.74) is 1.27. The van der Waals surface area contributed by atoms with Crippen molar-refractivity contribution < 1.29 is 28.9 Å². The lowest BCUT2D eigenvalue weighted by molar-refractivity contribution is -0.123. The normalized spacial score (nSPS) is 11.4. The molecule has 1 amide bonds. The summed E-state index contributed by atoms with van der Waals surface area (Å²) in [6.45, 7) is 3.23. The molecule has 2 rings (SSSR count). The van der Waals surface area contributed by atoms with Gasteiger partial charge in [-0.25, -0.2) is 4.79 Å². The van der Waals surface area contributed by atoms with Gasteiger partial charge in [-0.3, -0.25) is 4.79 Å². The number of methoxy groups -OCH3 is 2. The average Bonchev–Trinajstić information content (AvgIpc) is 2.63. The number of hydrogen-bond acceptors (Lipinski definition) is 6. The van der Waals surface area contributed by atoms with Crippen molar-refractivity contribution in [3.05, 3.63) is 47.5 Å². The number of hydrogen-bond donors (Lipinski definition) is 2. The number of esters is 1. The Morgan fingerprint density at radius 1 is 1.04 bits per heavy atom. The van der Waals surface area contributed by atoms with Gasteiger partial charge in [0.2, 0.25) is 0 Å². The van der Waals surface area contributed by atoms with Crippen LogP contribution in [-0.4, -0.2) is 37.3 Å². The molecule has 2 N–H and O–H groups in total. The second-order valence-electron chi connectivity index (χ2n) is 5.63. The third-order valence-electron chi connectivity index (χ3n) is 3.68. The molecule has 0 saturated heterocycles. The largest absolute Gasteiger partial charge is 0.507 e. The molecular formula is C19H21NO6. The summed E-state index contributed by atoms with van der Waals surface area (Å²) in [5, 5.41) is 12.4. The molecule has 0 aromatic heterocycles. The van der Waals surface area contributed by atoms with Crippen LogP contribution in [0, 0.1) is 6.92 Å². The minimum absolute atomic E-state index is 0.00997. The molecule has 7 nitrogen and oxygen atoms in total. The highest BCUT2D eigenvalue weighted by Crippen LogP contribution is 2.29. The fourth-order valence-electron chi connectivity index (χ4n) is 2.25. The monoisotopic (exact) mass is 359 g/mol. The third-order valence-corrected chi connectivity index (χ3v) is 3.68. The number of nitrogens with one attached hydrogen (secondary N) is 1. The van der Waals surface area contributed by atoms with Crippen molar-refractivity contribution in [3.63, 3.8) is 0 Å². The van der Waals surface area contributed by atoms with Crippen molar-refractivity contribution in [1.29, 1.82) is 0 Å². The van der Waals surface area contributed by atoms with Gasteiger partial charge in [-0.1, -0.05) is 11.6 Å². The van der Waals surface area contributed by atoms with E-state index in [0.29, 0.717) is 17.2 Å². The molecule has 0 aliphatic heterocycles. The molecule has 2 aromatic carbocycles. The number of carbonyl (C=O) groups is 2. The molecule has 2 aromatic rings. The predicted octanol–water partition coefficient (Wildman–Crippen LogP) is 2.90. The zero-order valence-electron chi connectivity index (χ0n) is 15.0. The molecule has 7 heteroatoms. The standard InChI is InChI=1S/C19H21NO6/c1-11-5-7-15(21)14(9-11)19(23)26-12(2)18(22)20-13-6-8-16(24-3)17(10-13)25-4/h5-10,12,21H,1-4H3,(H,20,22)/t12-/m0/s1. The zero-order chi connectivity index (χ0) is 19.3. The average molecular weight is 359 g/mol. The number of aromatic hydroxyl groups is 1. The van der Waals surface area contributed by atoms with E-state index in [4.69, 9.17) is 14.2 Å². The number of benzene rings is 2. The molecule has 26 heavy (non-hydrogen) atoms. The van der Waals surface area contributed by atoms with E-state index in [9.17, 15) is 14.7 Å². The molecule has 0 aliphatic carbocycles. The first-order chi connectivity index (χ1) is 12.3. The second kappa shape index (κ2) is 8.24. The van der Waals surface area contributed by atoms with Gasteiger partial charge in [0.05, 0.1) is 14.2 Å². The fourth-order valence-corrected chi connectivity index (χ4v) is 2.25. The number of ether oxygens (including phenoxy) is 3. The maximum atomic E-state index is 12.3. The highest BCUT2D eigenvalue weighted by atomic mass is 16.5. The van der Waals surface area contributed by atoms with Crippen molar-refractivity contribution in [3.8, 4) is 17.2 Å². The number of rotatable bonds is 6. The Hall–Kier alpha value is -3.22. The first kappa shape index (κ1) is 19.1. The highest BCUT2D eigenvalue weighted by Gasteiger charge is 2.21. The minimum atomic E-state index is -1.06. The predicted molar refractivity (Wildman–Crippen MR) is 95.9 cm³/mol. The van der Waals surface area contributed by atoms with E-state index >= 15 is 0 Å². The van der Waals surface area contributed by atoms with Crippen LogP contribution in [-0.2, 0) is 9.53 Å². The molecule has 0 heterocycles. The maximum Gasteiger partial charge on any atom is 0.342 e. The van der Waals surface area contributed by atoms with Crippen LogP contribution in [0.25, 0.3) is 0 Å². The fraction of sp³-hybridized carbons (Fsp3) is 0.263. The number of anilines is 1. The molecule has 0 unspecified atom stereocenters. The number of phenols is 1. The molecule has 0 spiro atoms. The zero-order valence-corrected chi connectivity index (χ0v) is 15.0. The smallest absolute Gasteiger partial charge is 0.342 e. The Labute approximate surface area is 151 Å². The quantitative estimate of drug-likeness (QED) is 0.770. The summed E-state index contributed by atoms with van der Waals surface area (Å²) in [5.74, 6) is -0.508. The third kappa shape index (κ3) is 4.44. The van der Waals surface area contributed by atoms with Crippen LogP contribution in [0.1, 0.15) is 22.8 Å². The van der Waals surface area contributed by atoms with Crippen LogP contribution in [0.15, 0.2) is 36.4 Å². The van der Waals surface area contributed by atoms with Gasteiger partial charge in [-0.15, -0.1) is 0 Å². The first-order valence-electron chi connectivity index (χ1n) is 7.89. The molecule has 0 fully saturated rings. The highest BCUT2D eigenvalue weighted by molar-refractivity contribution is 5.98. The van der Waals surface area contributed by atoms with Gasteiger partial charge in [0.25, 0.3) is 5.91 Å². The number of carbonyl (C=O) groups excluding carboxylic acids is 2. The molecule has 1 atom stereocenters. The first-order valence-corrected chi connectivity index (χ1v) is 7.89. The van der Waals surface area contributed by atoms with Crippen LogP contribution in [0.5, 0.6) is 17.2 Å². The molecule has 0 bridgehead atoms. The van der Waals surface area contributed by atoms with Gasteiger partial charge < -0.3 is 24.6 Å². The van der Waals surface area contributed by atoms with Crippen LogP contribution in [0.2, 0.25) is 0 Å². The Morgan fingerprint density at radius 3 is 2.38 bits per heavy atom. The Kier molecular flexibility index (Phi) is 6.06. The van der Waals surface area contributed by atoms with E-state index in [1.54, 1.807) is 31.2 Å². The topological polar surface area (TPSA) is 94.1 Å². The van der Waals surface area contributed by atoms with Crippen molar-refractivity contribution in [2.45, 2.75) is 20.0 Å². The van der Waals surface area contributed by atoms with Gasteiger partial charge in [0, 0.05) is 11.8 Å². The molecular weight excluding hydrogens is 338 g/mol. The van der Waals surface area contributed by atoms with Gasteiger partial charge in [0.1, 0.15) is 11.3 Å². The van der Waals surface area contributed by atoms with E-state index in [-0.39, 0.29) is 11.3 Å². The van der Waals surface area contributed by atoms with Crippen LogP contribution < -0.4 is 14.8 Å². The summed E-state index contributed by atoms with van der Waals surface area (Å²) < 4.78 is 15.5. The Balaban J connectivity index is 2.05. The molecule has 0 radical (unpaired) electrons. The van der Waals surface area contributed by atoms with E-state index in [0.717, 1.165) is 5.56 Å². The van der Waals surface area contributed by atoms with E-state index in [1.807, 2.05) is 0 Å². The van der Waals surface area contributed by atoms with Gasteiger partial charge in [-0.05, 0) is 38.1 Å². The van der Waals surface area contributed by atoms with Crippen LogP contribution in [0.4, 0.5) is 5.69 Å². The lowest BCUT2D eigenvalue weighted by Crippen LogP contribution is -2.30. The SMILES string of the molecule is COc1ccc(NC(=O)[C@H](C)OC(=O)c2cc(C)ccc2O)cc1OC. The summed E-state index contributed by atoms with van der Waals surface area (Å²) in [4.78, 5) is 24.4. The van der Waals surface area contributed by atoms with E-state index in [2.05, 4.69) is 5.32 Å². The number of amides is 1. The Bertz CT molecular complexity index is 818. The van der Waals surface area contributed by atoms with Crippen molar-refractivity contribution in [2.75, 3.05) is 19.5 Å². The summed E-state index contributed by atoms with van der Waals surface area (Å²) in [6, 6.07) is 9.45. The van der Waals surface area contributed by atoms with Crippen molar-refractivity contribution in [2.24, 2.45) is 0 Å². The summed E-state index contributed by atoms with van der Waals surface area (Å²) >= 11 is 0. The Morgan fingerprint density at radius 2 is 1.73 bits per heavy atom. The maximum absolute atomic E-state index is 12.3. The van der Waals surface area contributed by atoms with Crippen molar-refractivity contribution >= 4 is 17.6 Å². The van der Waals surface area contributed by atoms with Gasteiger partial charge in [-0.2, -0.15) is 0 Å². The summed E-state index contributed by atoms with van der Waals surface area (Å²) in [7, 11) is 3.00. The summed E-state index contributed by atoms with van der Waals surface area (Å²) in [6.07, 6.45) is -1.06. The molecule has 138 valence electrons. The number of aryl methyl sites for hydroxylation is 1. The van der Waals surface area contributed by atoms with Gasteiger partial charge in [0.15, 0.2) is 17.6 Å². The van der Waals surface area contributed by atoms with E-state index in [1.165, 1.54) is 33.3 Å². The lowest BCUT2D eigenvalue weighted by Gasteiger charge is -2.15. The molecule has 0 saturated carbocycles. The van der Waals surface area contributed by atoms with Gasteiger partial charge >= 0.3 is 5.97 Å². The lowest BCUT2D eigenvalue weighted by atomic mass is 10.1. The van der Waals surface area contributed by atoms with Crippen LogP contribution in [0.3, 0.4) is 0 Å². The molecule has 0 aliphatic rings.